The molecule has 2 rings (SSSR count). The summed E-state index contributed by atoms with van der Waals surface area (Å²) >= 11 is 0. The number of benzene rings is 1. The van der Waals surface area contributed by atoms with Crippen molar-refractivity contribution in [1.29, 1.82) is 0 Å². The first-order chi connectivity index (χ1) is 9.21. The van der Waals surface area contributed by atoms with E-state index in [2.05, 4.69) is 0 Å². The molecule has 1 aromatic rings. The molecule has 5 nitrogen and oxygen atoms in total. The van der Waals surface area contributed by atoms with Gasteiger partial charge in [-0.05, 0) is 37.1 Å². The number of sulfone groups is 1. The summed E-state index contributed by atoms with van der Waals surface area (Å²) in [5, 5.41) is -1.05. The molecule has 1 aliphatic heterocycles. The monoisotopic (exact) mass is 295 g/mol. The van der Waals surface area contributed by atoms with Crippen LogP contribution in [0.4, 0.5) is 5.69 Å². The molecule has 6 heteroatoms. The molecular formula is C14H17NO4S. The lowest BCUT2D eigenvalue weighted by Gasteiger charge is -2.26. The Bertz CT molecular complexity index is 678. The number of carbonyl (C=O) groups excluding carboxylic acids is 2. The minimum Gasteiger partial charge on any atom is -0.315 e. The molecule has 1 aliphatic rings. The Hall–Kier alpha value is -1.69. The fourth-order valence-electron chi connectivity index (χ4n) is 2.24. The van der Waals surface area contributed by atoms with Crippen molar-refractivity contribution >= 4 is 27.2 Å². The summed E-state index contributed by atoms with van der Waals surface area (Å²) < 4.78 is 22.9. The molecule has 0 aliphatic carbocycles. The number of aryl methyl sites for hydroxylation is 1. The van der Waals surface area contributed by atoms with Crippen LogP contribution in [0, 0.1) is 0 Å². The third-order valence-corrected chi connectivity index (χ3v) is 5.22. The highest BCUT2D eigenvalue weighted by molar-refractivity contribution is 7.92. The predicted octanol–water partition coefficient (Wildman–Crippen LogP) is 1.21. The van der Waals surface area contributed by atoms with Crippen molar-refractivity contribution in [3.63, 3.8) is 0 Å². The van der Waals surface area contributed by atoms with E-state index < -0.39 is 20.9 Å². The van der Waals surface area contributed by atoms with E-state index in [9.17, 15) is 18.0 Å². The topological polar surface area (TPSA) is 71.5 Å². The number of rotatable bonds is 3. The van der Waals surface area contributed by atoms with Gasteiger partial charge >= 0.3 is 0 Å². The van der Waals surface area contributed by atoms with Crippen molar-refractivity contribution in [2.24, 2.45) is 0 Å². The Morgan fingerprint density at radius 2 is 1.95 bits per heavy atom. The van der Waals surface area contributed by atoms with E-state index in [1.54, 1.807) is 30.1 Å². The summed E-state index contributed by atoms with van der Waals surface area (Å²) in [6.07, 6.45) is 2.04. The summed E-state index contributed by atoms with van der Waals surface area (Å²) in [7, 11) is -1.71. The molecule has 1 amide bonds. The fraction of sp³-hybridized carbons (Fsp3) is 0.429. The average molecular weight is 295 g/mol. The van der Waals surface area contributed by atoms with E-state index in [-0.39, 0.29) is 5.91 Å². The zero-order chi connectivity index (χ0) is 15.1. The standard InChI is InChI=1S/C14H17NO4S/c1-9(20(3,18)19)14(17)11-4-6-12-10(8-11)5-7-13(16)15(12)2/h4,6,8-9H,5,7H2,1-3H3. The third-order valence-electron chi connectivity index (χ3n) is 3.72. The number of hydrogen-bond acceptors (Lipinski definition) is 4. The Morgan fingerprint density at radius 3 is 2.55 bits per heavy atom. The third kappa shape index (κ3) is 2.60. The summed E-state index contributed by atoms with van der Waals surface area (Å²) in [4.78, 5) is 25.3. The summed E-state index contributed by atoms with van der Waals surface area (Å²) in [6.45, 7) is 1.40. The fourth-order valence-corrected chi connectivity index (χ4v) is 2.76. The molecule has 0 bridgehead atoms. The molecule has 1 aromatic carbocycles. The normalized spacial score (nSPS) is 16.8. The second-order valence-electron chi connectivity index (χ2n) is 5.13. The molecule has 108 valence electrons. The quantitative estimate of drug-likeness (QED) is 0.786. The lowest BCUT2D eigenvalue weighted by atomic mass is 9.97. The van der Waals surface area contributed by atoms with E-state index in [0.29, 0.717) is 18.4 Å². The van der Waals surface area contributed by atoms with Crippen LogP contribution in [0.1, 0.15) is 29.3 Å². The number of Topliss-reactive ketones (excluding diaryl/α,β-unsaturated/α-hetero) is 1. The number of nitrogens with zero attached hydrogens (tertiary/aromatic N) is 1. The number of fused-ring (bicyclic) bond motifs is 1. The first-order valence-corrected chi connectivity index (χ1v) is 8.30. The number of anilines is 1. The molecule has 20 heavy (non-hydrogen) atoms. The van der Waals surface area contributed by atoms with Crippen molar-refractivity contribution in [1.82, 2.24) is 0 Å². The van der Waals surface area contributed by atoms with Gasteiger partial charge in [-0.15, -0.1) is 0 Å². The maximum absolute atomic E-state index is 12.2. The first-order valence-electron chi connectivity index (χ1n) is 6.34. The zero-order valence-electron chi connectivity index (χ0n) is 11.7. The minimum atomic E-state index is -3.41. The molecule has 0 radical (unpaired) electrons. The number of hydrogen-bond donors (Lipinski definition) is 0. The number of ketones is 1. The van der Waals surface area contributed by atoms with Gasteiger partial charge in [0.2, 0.25) is 5.91 Å². The minimum absolute atomic E-state index is 0.0427. The predicted molar refractivity (Wildman–Crippen MR) is 76.8 cm³/mol. The van der Waals surface area contributed by atoms with E-state index in [0.717, 1.165) is 17.5 Å². The molecule has 1 heterocycles. The van der Waals surface area contributed by atoms with Gasteiger partial charge in [0.05, 0.1) is 0 Å². The second kappa shape index (κ2) is 5.01. The van der Waals surface area contributed by atoms with E-state index in [1.807, 2.05) is 0 Å². The summed E-state index contributed by atoms with van der Waals surface area (Å²) in [6, 6.07) is 4.98. The lowest BCUT2D eigenvalue weighted by Crippen LogP contribution is -2.31. The Morgan fingerprint density at radius 1 is 1.30 bits per heavy atom. The largest absolute Gasteiger partial charge is 0.315 e. The number of carbonyl (C=O) groups is 2. The SMILES string of the molecule is CC(C(=O)c1ccc2c(c1)CCC(=O)N2C)S(C)(=O)=O. The second-order valence-corrected chi connectivity index (χ2v) is 7.50. The van der Waals surface area contributed by atoms with E-state index in [4.69, 9.17) is 0 Å². The van der Waals surface area contributed by atoms with E-state index >= 15 is 0 Å². The Labute approximate surface area is 118 Å². The Kier molecular flexibility index (Phi) is 3.69. The van der Waals surface area contributed by atoms with Gasteiger partial charge in [0.1, 0.15) is 5.25 Å². The van der Waals surface area contributed by atoms with Crippen molar-refractivity contribution in [2.45, 2.75) is 25.0 Å². The van der Waals surface area contributed by atoms with Crippen LogP contribution in [0.25, 0.3) is 0 Å². The maximum atomic E-state index is 12.2. The van der Waals surface area contributed by atoms with Gasteiger partial charge in [-0.25, -0.2) is 8.42 Å². The van der Waals surface area contributed by atoms with Crippen molar-refractivity contribution in [2.75, 3.05) is 18.2 Å². The van der Waals surface area contributed by atoms with Gasteiger partial charge < -0.3 is 4.90 Å². The summed E-state index contributed by atoms with van der Waals surface area (Å²) in [5.74, 6) is -0.365. The van der Waals surface area contributed by atoms with Gasteiger partial charge in [0, 0.05) is 31.0 Å². The van der Waals surface area contributed by atoms with E-state index in [1.165, 1.54) is 6.92 Å². The summed E-state index contributed by atoms with van der Waals surface area (Å²) in [5.41, 5.74) is 2.06. The van der Waals surface area contributed by atoms with Crippen LogP contribution < -0.4 is 4.90 Å². The van der Waals surface area contributed by atoms with Crippen LogP contribution in [0.5, 0.6) is 0 Å². The van der Waals surface area contributed by atoms with Gasteiger partial charge in [-0.1, -0.05) is 0 Å². The van der Waals surface area contributed by atoms with Crippen LogP contribution in [0.3, 0.4) is 0 Å². The van der Waals surface area contributed by atoms with Crippen molar-refractivity contribution in [3.8, 4) is 0 Å². The zero-order valence-corrected chi connectivity index (χ0v) is 12.5. The van der Waals surface area contributed by atoms with Crippen molar-refractivity contribution < 1.29 is 18.0 Å². The Balaban J connectivity index is 2.38. The highest BCUT2D eigenvalue weighted by Crippen LogP contribution is 2.28. The van der Waals surface area contributed by atoms with Gasteiger partial charge in [0.25, 0.3) is 0 Å². The van der Waals surface area contributed by atoms with Gasteiger partial charge in [0.15, 0.2) is 15.6 Å². The van der Waals surface area contributed by atoms with Gasteiger partial charge in [-0.3, -0.25) is 9.59 Å². The lowest BCUT2D eigenvalue weighted by molar-refractivity contribution is -0.118. The highest BCUT2D eigenvalue weighted by atomic mass is 32.2. The maximum Gasteiger partial charge on any atom is 0.227 e. The molecular weight excluding hydrogens is 278 g/mol. The smallest absolute Gasteiger partial charge is 0.227 e. The molecule has 0 saturated heterocycles. The van der Waals surface area contributed by atoms with Crippen LogP contribution in [0.2, 0.25) is 0 Å². The van der Waals surface area contributed by atoms with Crippen LogP contribution in [-0.2, 0) is 21.1 Å². The first kappa shape index (κ1) is 14.7. The number of amides is 1. The molecule has 1 atom stereocenters. The molecule has 1 unspecified atom stereocenters. The molecule has 0 fully saturated rings. The van der Waals surface area contributed by atoms with Crippen LogP contribution in [-0.4, -0.2) is 38.7 Å². The van der Waals surface area contributed by atoms with Crippen LogP contribution >= 0.6 is 0 Å². The molecule has 0 spiro atoms. The van der Waals surface area contributed by atoms with Crippen molar-refractivity contribution in [3.05, 3.63) is 29.3 Å². The molecule has 0 aromatic heterocycles. The molecule has 0 saturated carbocycles. The van der Waals surface area contributed by atoms with Gasteiger partial charge in [-0.2, -0.15) is 0 Å². The molecule has 0 N–H and O–H groups in total. The average Bonchev–Trinajstić information content (AvgIpc) is 2.40. The van der Waals surface area contributed by atoms with Crippen LogP contribution in [0.15, 0.2) is 18.2 Å². The highest BCUT2D eigenvalue weighted by Gasteiger charge is 2.27.